The van der Waals surface area contributed by atoms with E-state index in [0.29, 0.717) is 6.04 Å². The minimum atomic E-state index is 0. The largest absolute Gasteiger partial charge is 0.492 e. The van der Waals surface area contributed by atoms with Gasteiger partial charge in [-0.2, -0.15) is 0 Å². The van der Waals surface area contributed by atoms with E-state index in [4.69, 9.17) is 4.74 Å². The molecule has 26 heavy (non-hydrogen) atoms. The van der Waals surface area contributed by atoms with Crippen LogP contribution in [0.25, 0.3) is 10.4 Å². The maximum absolute atomic E-state index is 5.90. The van der Waals surface area contributed by atoms with Gasteiger partial charge in [-0.1, -0.05) is 42.5 Å². The molecule has 0 saturated carbocycles. The van der Waals surface area contributed by atoms with E-state index in [2.05, 4.69) is 72.0 Å². The molecule has 1 aliphatic heterocycles. The van der Waals surface area contributed by atoms with Crippen LogP contribution in [0.15, 0.2) is 66.7 Å². The molecule has 1 fully saturated rings. The lowest BCUT2D eigenvalue weighted by Gasteiger charge is -2.12. The maximum Gasteiger partial charge on any atom is 0.119 e. The summed E-state index contributed by atoms with van der Waals surface area (Å²) < 4.78 is 5.90. The van der Waals surface area contributed by atoms with E-state index in [1.54, 1.807) is 0 Å². The molecule has 1 N–H and O–H groups in total. The molecule has 3 aromatic rings. The second kappa shape index (κ2) is 9.22. The first-order valence-corrected chi connectivity index (χ1v) is 9.78. The van der Waals surface area contributed by atoms with Crippen molar-refractivity contribution in [2.45, 2.75) is 25.3 Å². The summed E-state index contributed by atoms with van der Waals surface area (Å²) in [6.45, 7) is 1.89. The molecule has 136 valence electrons. The van der Waals surface area contributed by atoms with Crippen LogP contribution in [-0.4, -0.2) is 19.2 Å². The first-order valence-electron chi connectivity index (χ1n) is 8.96. The Bertz CT molecular complexity index is 795. The van der Waals surface area contributed by atoms with Crippen LogP contribution in [0, 0.1) is 0 Å². The molecule has 2 aromatic carbocycles. The summed E-state index contributed by atoms with van der Waals surface area (Å²) in [5.74, 6) is 0.966. The van der Waals surface area contributed by atoms with E-state index in [0.717, 1.165) is 25.3 Å². The monoisotopic (exact) mass is 385 g/mol. The van der Waals surface area contributed by atoms with Gasteiger partial charge in [0.05, 0.1) is 0 Å². The summed E-state index contributed by atoms with van der Waals surface area (Å²) in [6.07, 6.45) is 3.46. The third-order valence-corrected chi connectivity index (χ3v) is 5.77. The molecule has 0 bridgehead atoms. The Morgan fingerprint density at radius 3 is 2.50 bits per heavy atom. The van der Waals surface area contributed by atoms with Gasteiger partial charge >= 0.3 is 0 Å². The van der Waals surface area contributed by atoms with E-state index in [1.165, 1.54) is 33.7 Å². The average molecular weight is 386 g/mol. The lowest BCUT2D eigenvalue weighted by molar-refractivity contribution is 0.277. The molecule has 0 radical (unpaired) electrons. The van der Waals surface area contributed by atoms with Crippen molar-refractivity contribution >= 4 is 23.7 Å². The highest BCUT2D eigenvalue weighted by Gasteiger charge is 2.14. The molecular formula is C22H24ClNOS. The Labute approximate surface area is 165 Å². The summed E-state index contributed by atoms with van der Waals surface area (Å²) in [5, 5.41) is 3.46. The van der Waals surface area contributed by atoms with E-state index in [9.17, 15) is 0 Å². The number of nitrogens with one attached hydrogen (secondary N) is 1. The number of hydrogen-bond donors (Lipinski definition) is 1. The molecule has 1 unspecified atom stereocenters. The predicted molar refractivity (Wildman–Crippen MR) is 113 cm³/mol. The van der Waals surface area contributed by atoms with Crippen LogP contribution < -0.4 is 10.1 Å². The smallest absolute Gasteiger partial charge is 0.119 e. The molecule has 4 heteroatoms. The Balaban J connectivity index is 0.00000196. The predicted octanol–water partition coefficient (Wildman–Crippen LogP) is 5.56. The van der Waals surface area contributed by atoms with Gasteiger partial charge in [-0.15, -0.1) is 23.7 Å². The SMILES string of the molecule is Cl.c1ccc(-c2ccc(Cc3ccc(OCC4CCCN4)cc3)s2)cc1. The van der Waals surface area contributed by atoms with E-state index in [1.807, 2.05) is 11.3 Å². The number of halogens is 1. The Kier molecular flexibility index (Phi) is 6.73. The second-order valence-electron chi connectivity index (χ2n) is 6.56. The van der Waals surface area contributed by atoms with Crippen LogP contribution in [0.3, 0.4) is 0 Å². The summed E-state index contributed by atoms with van der Waals surface area (Å²) in [5.41, 5.74) is 2.62. The fourth-order valence-corrected chi connectivity index (χ4v) is 4.28. The lowest BCUT2D eigenvalue weighted by atomic mass is 10.1. The minimum absolute atomic E-state index is 0. The van der Waals surface area contributed by atoms with Crippen molar-refractivity contribution in [3.05, 3.63) is 77.2 Å². The van der Waals surface area contributed by atoms with E-state index >= 15 is 0 Å². The molecule has 4 rings (SSSR count). The topological polar surface area (TPSA) is 21.3 Å². The molecule has 2 heterocycles. The highest BCUT2D eigenvalue weighted by atomic mass is 35.5. The van der Waals surface area contributed by atoms with E-state index in [-0.39, 0.29) is 12.4 Å². The number of rotatable bonds is 6. The van der Waals surface area contributed by atoms with Gasteiger partial charge in [0.2, 0.25) is 0 Å². The Morgan fingerprint density at radius 1 is 0.962 bits per heavy atom. The molecule has 0 amide bonds. The summed E-state index contributed by atoms with van der Waals surface area (Å²) in [7, 11) is 0. The van der Waals surface area contributed by atoms with Gasteiger partial charge in [0.25, 0.3) is 0 Å². The first-order chi connectivity index (χ1) is 12.4. The Morgan fingerprint density at radius 2 is 1.77 bits per heavy atom. The fourth-order valence-electron chi connectivity index (χ4n) is 3.23. The summed E-state index contributed by atoms with van der Waals surface area (Å²) in [6, 6.07) is 24.1. The zero-order valence-corrected chi connectivity index (χ0v) is 16.3. The molecular weight excluding hydrogens is 362 g/mol. The van der Waals surface area contributed by atoms with Crippen molar-refractivity contribution in [1.82, 2.24) is 5.32 Å². The molecule has 1 saturated heterocycles. The maximum atomic E-state index is 5.90. The Hall–Kier alpha value is -1.81. The van der Waals surface area contributed by atoms with Crippen LogP contribution in [0.1, 0.15) is 23.3 Å². The lowest BCUT2D eigenvalue weighted by Crippen LogP contribution is -2.28. The second-order valence-corrected chi connectivity index (χ2v) is 7.73. The molecule has 2 nitrogen and oxygen atoms in total. The van der Waals surface area contributed by atoms with Gasteiger partial charge in [-0.25, -0.2) is 0 Å². The average Bonchev–Trinajstić information content (AvgIpc) is 3.34. The van der Waals surface area contributed by atoms with Gasteiger partial charge in [0, 0.05) is 22.2 Å². The quantitative estimate of drug-likeness (QED) is 0.599. The van der Waals surface area contributed by atoms with Crippen molar-refractivity contribution < 1.29 is 4.74 Å². The van der Waals surface area contributed by atoms with Gasteiger partial charge in [-0.05, 0) is 54.8 Å². The van der Waals surface area contributed by atoms with Crippen LogP contribution in [0.4, 0.5) is 0 Å². The van der Waals surface area contributed by atoms with Crippen LogP contribution in [0.5, 0.6) is 5.75 Å². The number of hydrogen-bond acceptors (Lipinski definition) is 3. The van der Waals surface area contributed by atoms with Gasteiger partial charge in [0.1, 0.15) is 12.4 Å². The number of benzene rings is 2. The third-order valence-electron chi connectivity index (χ3n) is 4.64. The van der Waals surface area contributed by atoms with Crippen molar-refractivity contribution in [3.8, 4) is 16.2 Å². The van der Waals surface area contributed by atoms with Crippen LogP contribution in [0.2, 0.25) is 0 Å². The highest BCUT2D eigenvalue weighted by Crippen LogP contribution is 2.29. The fraction of sp³-hybridized carbons (Fsp3) is 0.273. The van der Waals surface area contributed by atoms with Crippen molar-refractivity contribution in [2.24, 2.45) is 0 Å². The van der Waals surface area contributed by atoms with E-state index < -0.39 is 0 Å². The highest BCUT2D eigenvalue weighted by molar-refractivity contribution is 7.15. The summed E-state index contributed by atoms with van der Waals surface area (Å²) in [4.78, 5) is 2.72. The zero-order chi connectivity index (χ0) is 16.9. The van der Waals surface area contributed by atoms with Crippen molar-refractivity contribution in [1.29, 1.82) is 0 Å². The normalized spacial score (nSPS) is 16.2. The van der Waals surface area contributed by atoms with Gasteiger partial charge < -0.3 is 10.1 Å². The number of ether oxygens (including phenoxy) is 1. The van der Waals surface area contributed by atoms with Crippen molar-refractivity contribution in [2.75, 3.05) is 13.2 Å². The molecule has 1 atom stereocenters. The van der Waals surface area contributed by atoms with Crippen LogP contribution >= 0.6 is 23.7 Å². The summed E-state index contributed by atoms with van der Waals surface area (Å²) >= 11 is 1.87. The van der Waals surface area contributed by atoms with Crippen LogP contribution in [-0.2, 0) is 6.42 Å². The molecule has 1 aromatic heterocycles. The minimum Gasteiger partial charge on any atom is -0.492 e. The zero-order valence-electron chi connectivity index (χ0n) is 14.7. The molecule has 0 spiro atoms. The first kappa shape index (κ1) is 19.0. The van der Waals surface area contributed by atoms with Gasteiger partial charge in [-0.3, -0.25) is 0 Å². The molecule has 0 aliphatic carbocycles. The molecule has 1 aliphatic rings. The third kappa shape index (κ3) is 4.88. The number of thiophene rings is 1. The van der Waals surface area contributed by atoms with Crippen molar-refractivity contribution in [3.63, 3.8) is 0 Å². The standard InChI is InChI=1S/C22H23NOS.ClH/c1-2-5-18(6-3-1)22-13-12-21(25-22)15-17-8-10-20(11-9-17)24-16-19-7-4-14-23-19;/h1-3,5-6,8-13,19,23H,4,7,14-16H2;1H. The van der Waals surface area contributed by atoms with Gasteiger partial charge in [0.15, 0.2) is 0 Å².